The summed E-state index contributed by atoms with van der Waals surface area (Å²) in [4.78, 5) is 25.0. The molecule has 0 unspecified atom stereocenters. The minimum Gasteiger partial charge on any atom is -0.497 e. The molecule has 21 heavy (non-hydrogen) atoms. The molecule has 0 amide bonds. The maximum absolute atomic E-state index is 12.1. The molecule has 1 N–H and O–H groups in total. The van der Waals surface area contributed by atoms with Gasteiger partial charge in [-0.25, -0.2) is 4.79 Å². The smallest absolute Gasteiger partial charge is 0.331 e. The Bertz CT molecular complexity index is 877. The van der Waals surface area contributed by atoms with E-state index in [0.29, 0.717) is 22.5 Å². The molecule has 0 spiro atoms. The molecule has 7 nitrogen and oxygen atoms in total. The Hall–Kier alpha value is -3.09. The van der Waals surface area contributed by atoms with Crippen LogP contribution in [0.4, 0.5) is 5.69 Å². The van der Waals surface area contributed by atoms with E-state index in [1.807, 2.05) is 0 Å². The molecular weight excluding hydrogens is 274 g/mol. The molecule has 1 aromatic heterocycles. The van der Waals surface area contributed by atoms with Gasteiger partial charge in [0.1, 0.15) is 5.75 Å². The van der Waals surface area contributed by atoms with E-state index in [1.54, 1.807) is 37.4 Å². The van der Waals surface area contributed by atoms with E-state index in [1.165, 1.54) is 16.7 Å². The first-order valence-corrected chi connectivity index (χ1v) is 6.14. The van der Waals surface area contributed by atoms with E-state index in [-0.39, 0.29) is 11.4 Å². The topological polar surface area (TPSA) is 90.2 Å². The van der Waals surface area contributed by atoms with E-state index in [4.69, 9.17) is 4.74 Å². The van der Waals surface area contributed by atoms with Gasteiger partial charge >= 0.3 is 5.69 Å². The highest BCUT2D eigenvalue weighted by Gasteiger charge is 2.13. The lowest BCUT2D eigenvalue weighted by Gasteiger charge is -2.04. The second-order valence-corrected chi connectivity index (χ2v) is 4.42. The predicted octanol–water partition coefficient (Wildman–Crippen LogP) is 2.24. The maximum Gasteiger partial charge on any atom is 0.331 e. The first-order chi connectivity index (χ1) is 10.1. The molecule has 3 rings (SSSR count). The van der Waals surface area contributed by atoms with Crippen molar-refractivity contribution < 1.29 is 9.66 Å². The van der Waals surface area contributed by atoms with Crippen LogP contribution in [0.3, 0.4) is 0 Å². The number of nitrogens with one attached hydrogen (secondary N) is 1. The van der Waals surface area contributed by atoms with Gasteiger partial charge in [-0.05, 0) is 30.3 Å². The fraction of sp³-hybridized carbons (Fsp3) is 0.0714. The van der Waals surface area contributed by atoms with E-state index < -0.39 is 4.92 Å². The molecule has 0 saturated carbocycles. The average molecular weight is 285 g/mol. The number of aromatic nitrogens is 2. The molecule has 1 heterocycles. The van der Waals surface area contributed by atoms with Gasteiger partial charge in [-0.3, -0.25) is 14.7 Å². The highest BCUT2D eigenvalue weighted by molar-refractivity contribution is 5.79. The van der Waals surface area contributed by atoms with Crippen molar-refractivity contribution in [1.29, 1.82) is 0 Å². The minimum absolute atomic E-state index is 0.0642. The van der Waals surface area contributed by atoms with Gasteiger partial charge in [0.05, 0.1) is 28.8 Å². The first kappa shape index (κ1) is 12.9. The van der Waals surface area contributed by atoms with Crippen molar-refractivity contribution >= 4 is 16.7 Å². The van der Waals surface area contributed by atoms with Crippen LogP contribution in [-0.2, 0) is 0 Å². The fourth-order valence-electron chi connectivity index (χ4n) is 2.20. The van der Waals surface area contributed by atoms with Crippen molar-refractivity contribution in [3.05, 3.63) is 63.1 Å². The summed E-state index contributed by atoms with van der Waals surface area (Å²) in [5, 5.41) is 10.8. The summed E-state index contributed by atoms with van der Waals surface area (Å²) >= 11 is 0. The Balaban J connectivity index is 2.20. The number of imidazole rings is 1. The molecule has 0 saturated heterocycles. The summed E-state index contributed by atoms with van der Waals surface area (Å²) in [5.41, 5.74) is 1.24. The molecule has 0 radical (unpaired) electrons. The molecule has 0 aliphatic carbocycles. The van der Waals surface area contributed by atoms with Gasteiger partial charge in [-0.15, -0.1) is 0 Å². The first-order valence-electron chi connectivity index (χ1n) is 6.14. The number of benzene rings is 2. The SMILES string of the molecule is COc1ccc(-n2c(=O)[nH]c3cc([N+](=O)[O-])ccc32)cc1. The van der Waals surface area contributed by atoms with Crippen LogP contribution < -0.4 is 10.4 Å². The lowest BCUT2D eigenvalue weighted by atomic mass is 10.2. The van der Waals surface area contributed by atoms with Crippen LogP contribution in [0.2, 0.25) is 0 Å². The molecule has 0 aliphatic heterocycles. The van der Waals surface area contributed by atoms with Crippen LogP contribution >= 0.6 is 0 Å². The zero-order valence-corrected chi connectivity index (χ0v) is 11.1. The summed E-state index contributed by atoms with van der Waals surface area (Å²) < 4.78 is 6.53. The van der Waals surface area contributed by atoms with Gasteiger partial charge in [0.25, 0.3) is 5.69 Å². The number of hydrogen-bond donors (Lipinski definition) is 1. The number of H-pyrrole nitrogens is 1. The molecule has 3 aromatic rings. The van der Waals surface area contributed by atoms with Crippen LogP contribution in [-0.4, -0.2) is 21.6 Å². The van der Waals surface area contributed by atoms with Gasteiger partial charge in [0.15, 0.2) is 0 Å². The molecule has 106 valence electrons. The number of ether oxygens (including phenoxy) is 1. The Morgan fingerprint density at radius 2 is 1.90 bits per heavy atom. The summed E-state index contributed by atoms with van der Waals surface area (Å²) in [6.07, 6.45) is 0. The van der Waals surface area contributed by atoms with Crippen LogP contribution in [0.1, 0.15) is 0 Å². The third-order valence-electron chi connectivity index (χ3n) is 3.21. The molecule has 0 aliphatic rings. The molecule has 0 fully saturated rings. The number of nitro groups is 1. The molecular formula is C14H11N3O4. The summed E-state index contributed by atoms with van der Waals surface area (Å²) in [6, 6.07) is 11.2. The second-order valence-electron chi connectivity index (χ2n) is 4.42. The number of hydrogen-bond acceptors (Lipinski definition) is 4. The maximum atomic E-state index is 12.1. The van der Waals surface area contributed by atoms with Gasteiger partial charge in [-0.1, -0.05) is 0 Å². The summed E-state index contributed by atoms with van der Waals surface area (Å²) in [6.45, 7) is 0. The Kier molecular flexibility index (Phi) is 2.94. The number of rotatable bonds is 3. The largest absolute Gasteiger partial charge is 0.497 e. The van der Waals surface area contributed by atoms with Gasteiger partial charge < -0.3 is 9.72 Å². The van der Waals surface area contributed by atoms with Gasteiger partial charge in [0.2, 0.25) is 0 Å². The summed E-state index contributed by atoms with van der Waals surface area (Å²) in [5.74, 6) is 0.683. The van der Waals surface area contributed by atoms with Crippen molar-refractivity contribution in [3.8, 4) is 11.4 Å². The van der Waals surface area contributed by atoms with Crippen LogP contribution in [0, 0.1) is 10.1 Å². The Morgan fingerprint density at radius 3 is 2.52 bits per heavy atom. The quantitative estimate of drug-likeness (QED) is 0.590. The summed E-state index contributed by atoms with van der Waals surface area (Å²) in [7, 11) is 1.56. The lowest BCUT2D eigenvalue weighted by Crippen LogP contribution is -2.14. The van der Waals surface area contributed by atoms with E-state index in [0.717, 1.165) is 0 Å². The minimum atomic E-state index is -0.498. The van der Waals surface area contributed by atoms with Crippen LogP contribution in [0.5, 0.6) is 5.75 Å². The van der Waals surface area contributed by atoms with Crippen molar-refractivity contribution in [2.45, 2.75) is 0 Å². The van der Waals surface area contributed by atoms with Crippen molar-refractivity contribution in [3.63, 3.8) is 0 Å². The van der Waals surface area contributed by atoms with Gasteiger partial charge in [0, 0.05) is 12.1 Å². The third-order valence-corrected chi connectivity index (χ3v) is 3.21. The van der Waals surface area contributed by atoms with E-state index >= 15 is 0 Å². The zero-order valence-electron chi connectivity index (χ0n) is 11.1. The molecule has 2 aromatic carbocycles. The van der Waals surface area contributed by atoms with Crippen LogP contribution in [0.25, 0.3) is 16.7 Å². The van der Waals surface area contributed by atoms with E-state index in [2.05, 4.69) is 4.98 Å². The highest BCUT2D eigenvalue weighted by atomic mass is 16.6. The normalized spacial score (nSPS) is 10.7. The number of aromatic amines is 1. The second kappa shape index (κ2) is 4.78. The number of nitro benzene ring substituents is 1. The number of methoxy groups -OCH3 is 1. The van der Waals surface area contributed by atoms with Crippen molar-refractivity contribution in [2.24, 2.45) is 0 Å². The predicted molar refractivity (Wildman–Crippen MR) is 77.1 cm³/mol. The zero-order chi connectivity index (χ0) is 15.0. The number of fused-ring (bicyclic) bond motifs is 1. The average Bonchev–Trinajstić information content (AvgIpc) is 2.82. The van der Waals surface area contributed by atoms with Gasteiger partial charge in [-0.2, -0.15) is 0 Å². The molecule has 0 atom stereocenters. The number of nitrogens with zero attached hydrogens (tertiary/aromatic N) is 2. The monoisotopic (exact) mass is 285 g/mol. The third kappa shape index (κ3) is 2.14. The molecule has 0 bridgehead atoms. The highest BCUT2D eigenvalue weighted by Crippen LogP contribution is 2.22. The standard InChI is InChI=1S/C14H11N3O4/c1-21-11-5-2-9(3-6-11)16-13-7-4-10(17(19)20)8-12(13)15-14(16)18/h2-8H,1H3,(H,15,18). The van der Waals surface area contributed by atoms with E-state index in [9.17, 15) is 14.9 Å². The van der Waals surface area contributed by atoms with Crippen molar-refractivity contribution in [1.82, 2.24) is 9.55 Å². The Morgan fingerprint density at radius 1 is 1.19 bits per heavy atom. The molecule has 7 heteroatoms. The number of non-ortho nitro benzene ring substituents is 1. The Labute approximate surface area is 118 Å². The van der Waals surface area contributed by atoms with Crippen molar-refractivity contribution in [2.75, 3.05) is 7.11 Å². The fourth-order valence-corrected chi connectivity index (χ4v) is 2.20. The van der Waals surface area contributed by atoms with Crippen LogP contribution in [0.15, 0.2) is 47.3 Å². The lowest BCUT2D eigenvalue weighted by molar-refractivity contribution is -0.384.